The summed E-state index contributed by atoms with van der Waals surface area (Å²) in [5.74, 6) is 0. The Balaban J connectivity index is 1.30. The summed E-state index contributed by atoms with van der Waals surface area (Å²) in [6, 6.07) is 27.0. The number of rotatable bonds is 8. The summed E-state index contributed by atoms with van der Waals surface area (Å²) in [5, 5.41) is 0.751. The fourth-order valence-corrected chi connectivity index (χ4v) is 4.42. The van der Waals surface area contributed by atoms with E-state index in [1.807, 2.05) is 24.3 Å². The van der Waals surface area contributed by atoms with E-state index >= 15 is 0 Å². The van der Waals surface area contributed by atoms with Gasteiger partial charge >= 0.3 is 0 Å². The number of benzene rings is 3. The average Bonchev–Trinajstić information content (AvgIpc) is 2.81. The number of halogens is 1. The molecule has 0 unspecified atom stereocenters. The van der Waals surface area contributed by atoms with Crippen LogP contribution in [0.3, 0.4) is 0 Å². The Morgan fingerprint density at radius 1 is 0.806 bits per heavy atom. The fraction of sp³-hybridized carbons (Fsp3) is 0.333. The number of hydrogen-bond acceptors (Lipinski definition) is 3. The number of nitrogens with zero attached hydrogens (tertiary/aromatic N) is 2. The van der Waals surface area contributed by atoms with Crippen molar-refractivity contribution in [3.63, 3.8) is 0 Å². The predicted octanol–water partition coefficient (Wildman–Crippen LogP) is 5.57. The average molecular weight is 435 g/mol. The molecule has 1 heterocycles. The molecule has 31 heavy (non-hydrogen) atoms. The van der Waals surface area contributed by atoms with Crippen molar-refractivity contribution in [3.8, 4) is 0 Å². The lowest BCUT2D eigenvalue weighted by Gasteiger charge is -2.35. The van der Waals surface area contributed by atoms with Gasteiger partial charge in [0, 0.05) is 49.9 Å². The van der Waals surface area contributed by atoms with E-state index in [2.05, 4.69) is 71.3 Å². The number of aryl methyl sites for hydroxylation is 1. The molecule has 1 saturated heterocycles. The summed E-state index contributed by atoms with van der Waals surface area (Å²) < 4.78 is 6.40. The maximum absolute atomic E-state index is 6.49. The van der Waals surface area contributed by atoms with E-state index in [0.717, 1.165) is 55.4 Å². The minimum atomic E-state index is -0.141. The minimum Gasteiger partial charge on any atom is -0.367 e. The van der Waals surface area contributed by atoms with Crippen LogP contribution in [0.4, 0.5) is 0 Å². The summed E-state index contributed by atoms with van der Waals surface area (Å²) in [5.41, 5.74) is 4.98. The standard InChI is InChI=1S/C27H31ClN2O/c1-22-9-5-6-12-24(22)21-30-17-15-29(16-18-30)19-20-31-27(23-10-3-2-4-11-23)25-13-7-8-14-26(25)28/h2-14,27H,15-21H2,1H3/t27-/m1/s1. The van der Waals surface area contributed by atoms with Crippen LogP contribution < -0.4 is 0 Å². The van der Waals surface area contributed by atoms with Gasteiger partial charge < -0.3 is 4.74 Å². The van der Waals surface area contributed by atoms with Crippen LogP contribution in [0, 0.1) is 6.92 Å². The highest BCUT2D eigenvalue weighted by atomic mass is 35.5. The second-order valence-corrected chi connectivity index (χ2v) is 8.63. The monoisotopic (exact) mass is 434 g/mol. The molecule has 0 aliphatic carbocycles. The van der Waals surface area contributed by atoms with E-state index in [9.17, 15) is 0 Å². The van der Waals surface area contributed by atoms with Crippen molar-refractivity contribution >= 4 is 11.6 Å². The normalized spacial score (nSPS) is 16.3. The summed E-state index contributed by atoms with van der Waals surface area (Å²) in [6.07, 6.45) is -0.141. The number of ether oxygens (including phenoxy) is 1. The Labute approximate surface area is 191 Å². The molecule has 0 radical (unpaired) electrons. The number of hydrogen-bond donors (Lipinski definition) is 0. The van der Waals surface area contributed by atoms with E-state index in [1.165, 1.54) is 11.1 Å². The van der Waals surface area contributed by atoms with Gasteiger partial charge in [-0.05, 0) is 29.7 Å². The van der Waals surface area contributed by atoms with Crippen molar-refractivity contribution in [2.45, 2.75) is 19.6 Å². The van der Waals surface area contributed by atoms with Gasteiger partial charge in [0.15, 0.2) is 0 Å². The summed E-state index contributed by atoms with van der Waals surface area (Å²) in [6.45, 7) is 9.22. The number of piperazine rings is 1. The van der Waals surface area contributed by atoms with E-state index < -0.39 is 0 Å². The van der Waals surface area contributed by atoms with Gasteiger partial charge in [-0.25, -0.2) is 0 Å². The lowest BCUT2D eigenvalue weighted by molar-refractivity contribution is 0.0442. The van der Waals surface area contributed by atoms with Crippen molar-refractivity contribution in [1.82, 2.24) is 9.80 Å². The minimum absolute atomic E-state index is 0.141. The van der Waals surface area contributed by atoms with Gasteiger partial charge in [-0.1, -0.05) is 84.4 Å². The molecule has 3 nitrogen and oxygen atoms in total. The molecule has 0 N–H and O–H groups in total. The zero-order valence-corrected chi connectivity index (χ0v) is 19.0. The second kappa shape index (κ2) is 10.9. The molecule has 0 saturated carbocycles. The topological polar surface area (TPSA) is 15.7 Å². The second-order valence-electron chi connectivity index (χ2n) is 8.23. The molecule has 4 rings (SSSR count). The first kappa shape index (κ1) is 22.0. The van der Waals surface area contributed by atoms with Crippen LogP contribution in [0.15, 0.2) is 78.9 Å². The molecule has 3 aromatic rings. The van der Waals surface area contributed by atoms with Gasteiger partial charge in [-0.3, -0.25) is 9.80 Å². The Hall–Kier alpha value is -2.17. The van der Waals surface area contributed by atoms with E-state index in [-0.39, 0.29) is 6.10 Å². The molecule has 0 spiro atoms. The lowest BCUT2D eigenvalue weighted by Crippen LogP contribution is -2.46. The highest BCUT2D eigenvalue weighted by Crippen LogP contribution is 2.31. The summed E-state index contributed by atoms with van der Waals surface area (Å²) in [7, 11) is 0. The van der Waals surface area contributed by atoms with Gasteiger partial charge in [0.2, 0.25) is 0 Å². The first-order valence-corrected chi connectivity index (χ1v) is 11.5. The molecular formula is C27H31ClN2O. The highest BCUT2D eigenvalue weighted by Gasteiger charge is 2.20. The first-order valence-electron chi connectivity index (χ1n) is 11.1. The van der Waals surface area contributed by atoms with E-state index in [1.54, 1.807) is 0 Å². The molecule has 4 heteroatoms. The molecule has 1 aliphatic rings. The molecule has 1 fully saturated rings. The van der Waals surface area contributed by atoms with Gasteiger partial charge in [0.25, 0.3) is 0 Å². The van der Waals surface area contributed by atoms with Crippen LogP contribution in [0.2, 0.25) is 5.02 Å². The maximum Gasteiger partial charge on any atom is 0.109 e. The molecule has 0 aromatic heterocycles. The van der Waals surface area contributed by atoms with Crippen molar-refractivity contribution in [2.24, 2.45) is 0 Å². The molecule has 162 valence electrons. The Morgan fingerprint density at radius 3 is 2.19 bits per heavy atom. The molecule has 1 aliphatic heterocycles. The zero-order valence-electron chi connectivity index (χ0n) is 18.2. The lowest BCUT2D eigenvalue weighted by atomic mass is 10.0. The van der Waals surface area contributed by atoms with Crippen molar-refractivity contribution < 1.29 is 4.74 Å². The van der Waals surface area contributed by atoms with Crippen LogP contribution in [0.1, 0.15) is 28.4 Å². The van der Waals surface area contributed by atoms with Crippen molar-refractivity contribution in [2.75, 3.05) is 39.3 Å². The fourth-order valence-electron chi connectivity index (χ4n) is 4.18. The Morgan fingerprint density at radius 2 is 1.45 bits per heavy atom. The largest absolute Gasteiger partial charge is 0.367 e. The van der Waals surface area contributed by atoms with Crippen LogP contribution in [-0.4, -0.2) is 49.1 Å². The zero-order chi connectivity index (χ0) is 21.5. The van der Waals surface area contributed by atoms with Crippen LogP contribution in [-0.2, 0) is 11.3 Å². The van der Waals surface area contributed by atoms with Gasteiger partial charge in [0.1, 0.15) is 6.10 Å². The molecule has 1 atom stereocenters. The molecule has 3 aromatic carbocycles. The van der Waals surface area contributed by atoms with E-state index in [4.69, 9.17) is 16.3 Å². The van der Waals surface area contributed by atoms with E-state index in [0.29, 0.717) is 6.61 Å². The van der Waals surface area contributed by atoms with Crippen LogP contribution >= 0.6 is 11.6 Å². The van der Waals surface area contributed by atoms with Crippen molar-refractivity contribution in [3.05, 3.63) is 106 Å². The third-order valence-corrected chi connectivity index (χ3v) is 6.45. The Kier molecular flexibility index (Phi) is 7.76. The van der Waals surface area contributed by atoms with Crippen LogP contribution in [0.25, 0.3) is 0 Å². The van der Waals surface area contributed by atoms with Gasteiger partial charge in [-0.15, -0.1) is 0 Å². The maximum atomic E-state index is 6.49. The SMILES string of the molecule is Cc1ccccc1CN1CCN(CCO[C@H](c2ccccc2)c2ccccc2Cl)CC1. The first-order chi connectivity index (χ1) is 15.2. The highest BCUT2D eigenvalue weighted by molar-refractivity contribution is 6.31. The van der Waals surface area contributed by atoms with Gasteiger partial charge in [0.05, 0.1) is 6.61 Å². The molecule has 0 amide bonds. The van der Waals surface area contributed by atoms with Crippen LogP contribution in [0.5, 0.6) is 0 Å². The summed E-state index contributed by atoms with van der Waals surface area (Å²) >= 11 is 6.49. The quantitative estimate of drug-likeness (QED) is 0.460. The van der Waals surface area contributed by atoms with Crippen molar-refractivity contribution in [1.29, 1.82) is 0 Å². The third kappa shape index (κ3) is 5.96. The molecular weight excluding hydrogens is 404 g/mol. The summed E-state index contributed by atoms with van der Waals surface area (Å²) in [4.78, 5) is 5.05. The predicted molar refractivity (Wildman–Crippen MR) is 129 cm³/mol. The smallest absolute Gasteiger partial charge is 0.109 e. The third-order valence-electron chi connectivity index (χ3n) is 6.10. The Bertz CT molecular complexity index is 954. The molecule has 0 bridgehead atoms. The van der Waals surface area contributed by atoms with Gasteiger partial charge in [-0.2, -0.15) is 0 Å².